The molecule has 1 atom stereocenters. The lowest BCUT2D eigenvalue weighted by Crippen LogP contribution is -2.38. The van der Waals surface area contributed by atoms with Crippen LogP contribution in [0, 0.1) is 5.92 Å². The molecule has 4 nitrogen and oxygen atoms in total. The number of hydrogen-bond donors (Lipinski definition) is 2. The van der Waals surface area contributed by atoms with Crippen LogP contribution in [0.1, 0.15) is 32.6 Å². The quantitative estimate of drug-likeness (QED) is 0.694. The van der Waals surface area contributed by atoms with E-state index in [1.807, 2.05) is 0 Å². The van der Waals surface area contributed by atoms with Crippen LogP contribution >= 0.6 is 0 Å². The summed E-state index contributed by atoms with van der Waals surface area (Å²) in [6, 6.07) is 0. The number of carbonyl (C=O) groups excluding carboxylic acids is 1. The second-order valence-electron chi connectivity index (χ2n) is 4.95. The van der Waals surface area contributed by atoms with Gasteiger partial charge in [-0.1, -0.05) is 6.92 Å². The molecule has 0 spiro atoms. The van der Waals surface area contributed by atoms with Gasteiger partial charge in [0, 0.05) is 7.05 Å². The van der Waals surface area contributed by atoms with Crippen molar-refractivity contribution in [2.45, 2.75) is 32.6 Å². The second kappa shape index (κ2) is 8.48. The molecule has 4 heteroatoms. The highest BCUT2D eigenvalue weighted by atomic mass is 16.1. The molecule has 1 amide bonds. The predicted molar refractivity (Wildman–Crippen MR) is 71.0 cm³/mol. The molecule has 0 aliphatic carbocycles. The zero-order valence-electron chi connectivity index (χ0n) is 11.3. The number of nitrogens with zero attached hydrogens (tertiary/aromatic N) is 1. The molecule has 17 heavy (non-hydrogen) atoms. The summed E-state index contributed by atoms with van der Waals surface area (Å²) in [6.07, 6.45) is 4.96. The molecule has 0 radical (unpaired) electrons. The lowest BCUT2D eigenvalue weighted by molar-refractivity contribution is -0.121. The molecule has 100 valence electrons. The Morgan fingerprint density at radius 3 is 2.88 bits per heavy atom. The molecule has 1 aliphatic rings. The van der Waals surface area contributed by atoms with Gasteiger partial charge in [0.05, 0.1) is 6.54 Å². The van der Waals surface area contributed by atoms with Crippen LogP contribution in [0.15, 0.2) is 0 Å². The van der Waals surface area contributed by atoms with Crippen LogP contribution in [0.5, 0.6) is 0 Å². The Morgan fingerprint density at radius 1 is 1.47 bits per heavy atom. The number of nitrogens with one attached hydrogen (secondary N) is 2. The van der Waals surface area contributed by atoms with Crippen molar-refractivity contribution in [3.8, 4) is 0 Å². The zero-order valence-corrected chi connectivity index (χ0v) is 11.3. The van der Waals surface area contributed by atoms with Gasteiger partial charge in [-0.3, -0.25) is 9.69 Å². The minimum Gasteiger partial charge on any atom is -0.358 e. The van der Waals surface area contributed by atoms with Gasteiger partial charge in [-0.25, -0.2) is 0 Å². The lowest BCUT2D eigenvalue weighted by Gasteiger charge is -2.26. The molecule has 0 aromatic heterocycles. The highest BCUT2D eigenvalue weighted by Crippen LogP contribution is 2.14. The molecule has 0 saturated carbocycles. The van der Waals surface area contributed by atoms with E-state index in [0.29, 0.717) is 6.54 Å². The van der Waals surface area contributed by atoms with Gasteiger partial charge >= 0.3 is 0 Å². The van der Waals surface area contributed by atoms with Crippen LogP contribution in [-0.4, -0.2) is 50.6 Å². The molecule has 1 fully saturated rings. The van der Waals surface area contributed by atoms with Crippen molar-refractivity contribution in [3.63, 3.8) is 0 Å². The van der Waals surface area contributed by atoms with Gasteiger partial charge in [0.25, 0.3) is 0 Å². The fourth-order valence-corrected chi connectivity index (χ4v) is 2.40. The highest BCUT2D eigenvalue weighted by Gasteiger charge is 2.15. The number of amides is 1. The first-order valence-electron chi connectivity index (χ1n) is 6.90. The molecule has 0 aromatic rings. The monoisotopic (exact) mass is 241 g/mol. The molecule has 0 aromatic carbocycles. The fourth-order valence-electron chi connectivity index (χ4n) is 2.40. The maximum atomic E-state index is 11.4. The van der Waals surface area contributed by atoms with E-state index in [-0.39, 0.29) is 5.91 Å². The minimum absolute atomic E-state index is 0.125. The van der Waals surface area contributed by atoms with E-state index in [2.05, 4.69) is 22.5 Å². The number of hydrogen-bond acceptors (Lipinski definition) is 3. The third-order valence-electron chi connectivity index (χ3n) is 3.44. The largest absolute Gasteiger partial charge is 0.358 e. The van der Waals surface area contributed by atoms with Gasteiger partial charge in [-0.2, -0.15) is 0 Å². The Labute approximate surface area is 105 Å². The smallest absolute Gasteiger partial charge is 0.233 e. The van der Waals surface area contributed by atoms with E-state index in [0.717, 1.165) is 32.0 Å². The number of piperidine rings is 1. The van der Waals surface area contributed by atoms with E-state index in [1.54, 1.807) is 7.05 Å². The molecule has 1 rings (SSSR count). The minimum atomic E-state index is 0.125. The molecular weight excluding hydrogens is 214 g/mol. The number of likely N-dealkylation sites (N-methyl/N-ethyl adjacent to an activating group) is 1. The van der Waals surface area contributed by atoms with E-state index in [1.165, 1.54) is 25.8 Å². The van der Waals surface area contributed by atoms with Gasteiger partial charge in [0.1, 0.15) is 0 Å². The fraction of sp³-hybridized carbons (Fsp3) is 0.923. The summed E-state index contributed by atoms with van der Waals surface area (Å²) < 4.78 is 0. The van der Waals surface area contributed by atoms with Crippen molar-refractivity contribution in [2.24, 2.45) is 5.92 Å². The van der Waals surface area contributed by atoms with Gasteiger partial charge < -0.3 is 10.6 Å². The summed E-state index contributed by atoms with van der Waals surface area (Å²) in [6.45, 7) is 7.11. The zero-order chi connectivity index (χ0) is 12.5. The summed E-state index contributed by atoms with van der Waals surface area (Å²) in [5.41, 5.74) is 0. The van der Waals surface area contributed by atoms with E-state index in [4.69, 9.17) is 0 Å². The van der Waals surface area contributed by atoms with Crippen LogP contribution in [0.2, 0.25) is 0 Å². The van der Waals surface area contributed by atoms with Crippen molar-refractivity contribution in [1.29, 1.82) is 0 Å². The Morgan fingerprint density at radius 2 is 2.29 bits per heavy atom. The molecular formula is C13H27N3O. The lowest BCUT2D eigenvalue weighted by atomic mass is 9.96. The first-order chi connectivity index (χ1) is 8.26. The third kappa shape index (κ3) is 6.03. The van der Waals surface area contributed by atoms with E-state index >= 15 is 0 Å². The standard InChI is InChI=1S/C13H27N3O/c1-3-8-16(11-13(17)14-2)9-6-12-5-4-7-15-10-12/h12,15H,3-11H2,1-2H3,(H,14,17). The topological polar surface area (TPSA) is 44.4 Å². The van der Waals surface area contributed by atoms with Crippen molar-refractivity contribution in [2.75, 3.05) is 39.8 Å². The van der Waals surface area contributed by atoms with Gasteiger partial charge in [-0.05, 0) is 57.8 Å². The van der Waals surface area contributed by atoms with E-state index < -0.39 is 0 Å². The number of carbonyl (C=O) groups is 1. The van der Waals surface area contributed by atoms with Crippen molar-refractivity contribution in [1.82, 2.24) is 15.5 Å². The summed E-state index contributed by atoms with van der Waals surface area (Å²) in [5, 5.41) is 6.14. The first kappa shape index (κ1) is 14.5. The van der Waals surface area contributed by atoms with Crippen molar-refractivity contribution >= 4 is 5.91 Å². The van der Waals surface area contributed by atoms with Crippen molar-refractivity contribution < 1.29 is 4.79 Å². The summed E-state index contributed by atoms with van der Waals surface area (Å²) >= 11 is 0. The maximum absolute atomic E-state index is 11.4. The van der Waals surface area contributed by atoms with Gasteiger partial charge in [-0.15, -0.1) is 0 Å². The van der Waals surface area contributed by atoms with Crippen LogP contribution in [0.3, 0.4) is 0 Å². The molecule has 2 N–H and O–H groups in total. The average molecular weight is 241 g/mol. The molecule has 1 aliphatic heterocycles. The van der Waals surface area contributed by atoms with Gasteiger partial charge in [0.15, 0.2) is 0 Å². The highest BCUT2D eigenvalue weighted by molar-refractivity contribution is 5.77. The van der Waals surface area contributed by atoms with E-state index in [9.17, 15) is 4.79 Å². The summed E-state index contributed by atoms with van der Waals surface area (Å²) in [7, 11) is 1.71. The predicted octanol–water partition coefficient (Wildman–Crippen LogP) is 0.834. The van der Waals surface area contributed by atoms with Crippen LogP contribution in [0.25, 0.3) is 0 Å². The maximum Gasteiger partial charge on any atom is 0.233 e. The van der Waals surface area contributed by atoms with Gasteiger partial charge in [0.2, 0.25) is 5.91 Å². The molecule has 1 heterocycles. The third-order valence-corrected chi connectivity index (χ3v) is 3.44. The summed E-state index contributed by atoms with van der Waals surface area (Å²) in [4.78, 5) is 13.7. The van der Waals surface area contributed by atoms with Crippen molar-refractivity contribution in [3.05, 3.63) is 0 Å². The summed E-state index contributed by atoms with van der Waals surface area (Å²) in [5.74, 6) is 0.924. The molecule has 1 saturated heterocycles. The first-order valence-corrected chi connectivity index (χ1v) is 6.90. The second-order valence-corrected chi connectivity index (χ2v) is 4.95. The van der Waals surface area contributed by atoms with Crippen LogP contribution < -0.4 is 10.6 Å². The van der Waals surface area contributed by atoms with Crippen LogP contribution in [0.4, 0.5) is 0 Å². The SMILES string of the molecule is CCCN(CCC1CCCNC1)CC(=O)NC. The number of rotatable bonds is 7. The molecule has 1 unspecified atom stereocenters. The Kier molecular flexibility index (Phi) is 7.21. The Hall–Kier alpha value is -0.610. The van der Waals surface area contributed by atoms with Crippen LogP contribution in [-0.2, 0) is 4.79 Å². The Bertz CT molecular complexity index is 215. The average Bonchev–Trinajstić information content (AvgIpc) is 2.37. The Balaban J connectivity index is 2.24. The molecule has 0 bridgehead atoms. The normalized spacial score (nSPS) is 20.5.